The maximum absolute atomic E-state index is 13.8. The van der Waals surface area contributed by atoms with Crippen LogP contribution in [0.3, 0.4) is 0 Å². The highest BCUT2D eigenvalue weighted by Crippen LogP contribution is 2.29. The van der Waals surface area contributed by atoms with Crippen molar-refractivity contribution in [3.05, 3.63) is 52.9 Å². The average Bonchev–Trinajstić information content (AvgIpc) is 2.92. The summed E-state index contributed by atoms with van der Waals surface area (Å²) in [5.41, 5.74) is 2.80. The van der Waals surface area contributed by atoms with Crippen LogP contribution >= 0.6 is 0 Å². The van der Waals surface area contributed by atoms with Crippen LogP contribution in [0.1, 0.15) is 17.0 Å². The fraction of sp³-hybridized carbons (Fsp3) is 0.316. The second-order valence-electron chi connectivity index (χ2n) is 6.20. The predicted octanol–water partition coefficient (Wildman–Crippen LogP) is 4.06. The molecular formula is C19H19F4N3O2. The molecule has 0 radical (unpaired) electrons. The number of nitrogens with one attached hydrogen (secondary N) is 1. The molecule has 0 unspecified atom stereocenters. The number of benzene rings is 2. The van der Waals surface area contributed by atoms with E-state index in [1.165, 1.54) is 0 Å². The quantitative estimate of drug-likeness (QED) is 0.611. The summed E-state index contributed by atoms with van der Waals surface area (Å²) in [6, 6.07) is 5.58. The monoisotopic (exact) mass is 397 g/mol. The molecule has 1 aromatic heterocycles. The summed E-state index contributed by atoms with van der Waals surface area (Å²) in [4.78, 5) is 4.48. The number of methoxy groups -OCH3 is 1. The number of alkyl halides is 2. The number of fused-ring (bicyclic) bond motifs is 1. The number of halogens is 4. The third kappa shape index (κ3) is 3.89. The van der Waals surface area contributed by atoms with Gasteiger partial charge in [0, 0.05) is 25.7 Å². The number of imidazole rings is 1. The molecule has 0 fully saturated rings. The number of hydrogen-bond acceptors (Lipinski definition) is 4. The molecule has 0 aliphatic carbocycles. The lowest BCUT2D eigenvalue weighted by Crippen LogP contribution is -2.15. The molecule has 0 atom stereocenters. The van der Waals surface area contributed by atoms with Crippen LogP contribution in [0.5, 0.6) is 11.5 Å². The van der Waals surface area contributed by atoms with E-state index in [2.05, 4.69) is 15.0 Å². The Kier molecular flexibility index (Phi) is 5.73. The van der Waals surface area contributed by atoms with E-state index in [-0.39, 0.29) is 12.1 Å². The number of aryl methyl sites for hydroxylation is 2. The fourth-order valence-electron chi connectivity index (χ4n) is 3.09. The summed E-state index contributed by atoms with van der Waals surface area (Å²) in [6.07, 6.45) is 0. The van der Waals surface area contributed by atoms with E-state index in [1.54, 1.807) is 7.11 Å². The molecule has 0 saturated carbocycles. The zero-order valence-corrected chi connectivity index (χ0v) is 15.5. The van der Waals surface area contributed by atoms with Crippen LogP contribution in [0.15, 0.2) is 24.3 Å². The molecule has 28 heavy (non-hydrogen) atoms. The van der Waals surface area contributed by atoms with Gasteiger partial charge >= 0.3 is 6.61 Å². The molecule has 1 N–H and O–H groups in total. The summed E-state index contributed by atoms with van der Waals surface area (Å²) in [5, 5.41) is 3.09. The maximum atomic E-state index is 13.8. The van der Waals surface area contributed by atoms with Crippen molar-refractivity contribution >= 4 is 11.0 Å². The second-order valence-corrected chi connectivity index (χ2v) is 6.20. The smallest absolute Gasteiger partial charge is 0.387 e. The Morgan fingerprint density at radius 2 is 1.82 bits per heavy atom. The van der Waals surface area contributed by atoms with Crippen molar-refractivity contribution in [1.29, 1.82) is 0 Å². The standard InChI is InChI=1S/C19H19F4N3O2/c1-10-25-15-4-5-16(27-3)12(17(15)26(10)2)9-24-8-11-6-13(20)18(14(21)7-11)28-19(22)23/h4-7,19,24H,8-9H2,1-3H3. The first-order chi connectivity index (χ1) is 13.3. The van der Waals surface area contributed by atoms with Crippen LogP contribution in [-0.4, -0.2) is 23.3 Å². The van der Waals surface area contributed by atoms with E-state index < -0.39 is 24.0 Å². The number of nitrogens with zero attached hydrogens (tertiary/aromatic N) is 2. The van der Waals surface area contributed by atoms with Gasteiger partial charge in [0.25, 0.3) is 0 Å². The number of aromatic nitrogens is 2. The predicted molar refractivity (Wildman–Crippen MR) is 95.5 cm³/mol. The highest BCUT2D eigenvalue weighted by molar-refractivity contribution is 5.82. The molecule has 3 rings (SSSR count). The van der Waals surface area contributed by atoms with Gasteiger partial charge in [-0.25, -0.2) is 13.8 Å². The van der Waals surface area contributed by atoms with Crippen molar-refractivity contribution in [2.45, 2.75) is 26.6 Å². The van der Waals surface area contributed by atoms with Crippen molar-refractivity contribution in [3.63, 3.8) is 0 Å². The lowest BCUT2D eigenvalue weighted by molar-refractivity contribution is -0.0546. The van der Waals surface area contributed by atoms with Crippen LogP contribution in [0.4, 0.5) is 17.6 Å². The Labute approximate surface area is 158 Å². The molecule has 0 amide bonds. The van der Waals surface area contributed by atoms with Gasteiger partial charge in [-0.05, 0) is 36.8 Å². The highest BCUT2D eigenvalue weighted by Gasteiger charge is 2.17. The van der Waals surface area contributed by atoms with E-state index in [0.717, 1.165) is 34.6 Å². The zero-order chi connectivity index (χ0) is 20.4. The summed E-state index contributed by atoms with van der Waals surface area (Å²) in [5.74, 6) is -1.96. The SMILES string of the molecule is COc1ccc2nc(C)n(C)c2c1CNCc1cc(F)c(OC(F)F)c(F)c1. The van der Waals surface area contributed by atoms with Gasteiger partial charge < -0.3 is 19.4 Å². The van der Waals surface area contributed by atoms with Crippen molar-refractivity contribution in [2.24, 2.45) is 7.05 Å². The molecule has 0 saturated heterocycles. The summed E-state index contributed by atoms with van der Waals surface area (Å²) < 4.78 is 63.4. The number of hydrogen-bond donors (Lipinski definition) is 1. The molecule has 3 aromatic rings. The summed E-state index contributed by atoms with van der Waals surface area (Å²) >= 11 is 0. The van der Waals surface area contributed by atoms with Gasteiger partial charge in [-0.2, -0.15) is 8.78 Å². The zero-order valence-electron chi connectivity index (χ0n) is 15.5. The van der Waals surface area contributed by atoms with Gasteiger partial charge in [-0.3, -0.25) is 0 Å². The molecule has 0 aliphatic rings. The summed E-state index contributed by atoms with van der Waals surface area (Å²) in [6.45, 7) is -0.960. The van der Waals surface area contributed by atoms with Crippen molar-refractivity contribution < 1.29 is 27.0 Å². The van der Waals surface area contributed by atoms with Crippen LogP contribution in [0, 0.1) is 18.6 Å². The normalized spacial score (nSPS) is 11.4. The second kappa shape index (κ2) is 8.05. The molecule has 150 valence electrons. The average molecular weight is 397 g/mol. The number of rotatable bonds is 7. The van der Waals surface area contributed by atoms with Crippen LogP contribution in [0.2, 0.25) is 0 Å². The van der Waals surface area contributed by atoms with Gasteiger partial charge in [0.1, 0.15) is 11.6 Å². The Bertz CT molecular complexity index is 981. The first-order valence-electron chi connectivity index (χ1n) is 8.44. The van der Waals surface area contributed by atoms with Crippen molar-refractivity contribution in [1.82, 2.24) is 14.9 Å². The van der Waals surface area contributed by atoms with Gasteiger partial charge in [0.2, 0.25) is 0 Å². The van der Waals surface area contributed by atoms with Crippen LogP contribution < -0.4 is 14.8 Å². The van der Waals surface area contributed by atoms with Gasteiger partial charge in [0.05, 0.1) is 18.1 Å². The molecule has 0 bridgehead atoms. The largest absolute Gasteiger partial charge is 0.496 e. The Hall–Kier alpha value is -2.81. The third-order valence-corrected chi connectivity index (χ3v) is 4.44. The minimum atomic E-state index is -3.30. The van der Waals surface area contributed by atoms with E-state index >= 15 is 0 Å². The van der Waals surface area contributed by atoms with Crippen LogP contribution in [0.25, 0.3) is 11.0 Å². The molecule has 2 aromatic carbocycles. The topological polar surface area (TPSA) is 48.3 Å². The molecule has 1 heterocycles. The Morgan fingerprint density at radius 1 is 1.14 bits per heavy atom. The molecule has 9 heteroatoms. The van der Waals surface area contributed by atoms with E-state index in [0.29, 0.717) is 12.3 Å². The van der Waals surface area contributed by atoms with Crippen molar-refractivity contribution in [2.75, 3.05) is 7.11 Å². The molecule has 0 spiro atoms. The maximum Gasteiger partial charge on any atom is 0.387 e. The lowest BCUT2D eigenvalue weighted by atomic mass is 10.1. The highest BCUT2D eigenvalue weighted by atomic mass is 19.3. The van der Waals surface area contributed by atoms with E-state index in [4.69, 9.17) is 4.74 Å². The van der Waals surface area contributed by atoms with Gasteiger partial charge in [0.15, 0.2) is 17.4 Å². The Balaban J connectivity index is 1.80. The Morgan fingerprint density at radius 3 is 2.43 bits per heavy atom. The van der Waals surface area contributed by atoms with E-state index in [9.17, 15) is 17.6 Å². The molecule has 5 nitrogen and oxygen atoms in total. The fourth-order valence-corrected chi connectivity index (χ4v) is 3.09. The minimum Gasteiger partial charge on any atom is -0.496 e. The van der Waals surface area contributed by atoms with Crippen molar-refractivity contribution in [3.8, 4) is 11.5 Å². The molecule has 0 aliphatic heterocycles. The first kappa shape index (κ1) is 19.9. The van der Waals surface area contributed by atoms with Gasteiger partial charge in [-0.1, -0.05) is 0 Å². The third-order valence-electron chi connectivity index (χ3n) is 4.44. The first-order valence-corrected chi connectivity index (χ1v) is 8.44. The number of ether oxygens (including phenoxy) is 2. The lowest BCUT2D eigenvalue weighted by Gasteiger charge is -2.13. The van der Waals surface area contributed by atoms with Crippen LogP contribution in [-0.2, 0) is 20.1 Å². The van der Waals surface area contributed by atoms with E-state index in [1.807, 2.05) is 30.7 Å². The van der Waals surface area contributed by atoms with Gasteiger partial charge in [-0.15, -0.1) is 0 Å². The minimum absolute atomic E-state index is 0.110. The summed E-state index contributed by atoms with van der Waals surface area (Å²) in [7, 11) is 3.44. The molecular weight excluding hydrogens is 378 g/mol.